The molecule has 2 aliphatic heterocycles. The van der Waals surface area contributed by atoms with E-state index in [0.29, 0.717) is 21.6 Å². The molecule has 2 aliphatic rings. The Balaban J connectivity index is 1.40. The van der Waals surface area contributed by atoms with Gasteiger partial charge in [-0.1, -0.05) is 34.8 Å². The summed E-state index contributed by atoms with van der Waals surface area (Å²) in [5.41, 5.74) is 0.976. The number of hydrogen-bond acceptors (Lipinski definition) is 4. The van der Waals surface area contributed by atoms with E-state index >= 15 is 0 Å². The van der Waals surface area contributed by atoms with Gasteiger partial charge in [-0.05, 0) is 63.9 Å². The minimum absolute atomic E-state index is 0.272. The van der Waals surface area contributed by atoms with Crippen molar-refractivity contribution in [2.24, 2.45) is 5.92 Å². The van der Waals surface area contributed by atoms with Crippen LogP contribution in [-0.2, 0) is 4.79 Å². The lowest BCUT2D eigenvalue weighted by atomic mass is 9.93. The van der Waals surface area contributed by atoms with Crippen LogP contribution >= 0.6 is 34.8 Å². The maximum absolute atomic E-state index is 11.2. The number of likely N-dealkylation sites (tertiary alicyclic amines) is 1. The van der Waals surface area contributed by atoms with Crippen molar-refractivity contribution in [3.8, 4) is 0 Å². The van der Waals surface area contributed by atoms with E-state index in [2.05, 4.69) is 14.7 Å². The van der Waals surface area contributed by atoms with Gasteiger partial charge in [0.15, 0.2) is 0 Å². The second kappa shape index (κ2) is 9.80. The molecule has 0 radical (unpaired) electrons. The molecule has 3 rings (SSSR count). The average Bonchev–Trinajstić information content (AvgIpc) is 2.64. The Morgan fingerprint density at radius 1 is 0.926 bits per heavy atom. The molecule has 0 saturated carbocycles. The van der Waals surface area contributed by atoms with E-state index < -0.39 is 0 Å². The van der Waals surface area contributed by atoms with Gasteiger partial charge in [0.25, 0.3) is 0 Å². The Kier molecular flexibility index (Phi) is 7.69. The average molecular weight is 433 g/mol. The van der Waals surface area contributed by atoms with Gasteiger partial charge in [0.1, 0.15) is 5.78 Å². The lowest BCUT2D eigenvalue weighted by Crippen LogP contribution is -2.47. The molecule has 0 amide bonds. The van der Waals surface area contributed by atoms with Crippen molar-refractivity contribution in [3.05, 3.63) is 27.2 Å². The molecule has 2 saturated heterocycles. The van der Waals surface area contributed by atoms with Gasteiger partial charge in [-0.25, -0.2) is 0 Å². The normalized spacial score (nSPS) is 20.2. The number of hydrogen-bond donors (Lipinski definition) is 0. The van der Waals surface area contributed by atoms with Crippen molar-refractivity contribution in [2.75, 3.05) is 57.3 Å². The van der Waals surface area contributed by atoms with E-state index in [0.717, 1.165) is 57.4 Å². The summed E-state index contributed by atoms with van der Waals surface area (Å²) in [4.78, 5) is 18.4. The van der Waals surface area contributed by atoms with E-state index in [1.54, 1.807) is 13.0 Å². The molecule has 2 fully saturated rings. The largest absolute Gasteiger partial charge is 0.368 e. The number of ketones is 1. The zero-order chi connectivity index (χ0) is 19.4. The lowest BCUT2D eigenvalue weighted by molar-refractivity contribution is -0.118. The Morgan fingerprint density at radius 2 is 1.56 bits per heavy atom. The Labute approximate surface area is 177 Å². The summed E-state index contributed by atoms with van der Waals surface area (Å²) in [5, 5.41) is 1.71. The van der Waals surface area contributed by atoms with Crippen molar-refractivity contribution >= 4 is 46.3 Å². The van der Waals surface area contributed by atoms with Crippen molar-refractivity contribution in [1.82, 2.24) is 9.80 Å². The second-order valence-corrected chi connectivity index (χ2v) is 8.98. The lowest BCUT2D eigenvalue weighted by Gasteiger charge is -2.38. The van der Waals surface area contributed by atoms with Gasteiger partial charge in [-0.3, -0.25) is 14.6 Å². The Hall–Kier alpha value is -0.520. The molecule has 0 spiro atoms. The number of piperidine rings is 1. The maximum atomic E-state index is 11.2. The summed E-state index contributed by atoms with van der Waals surface area (Å²) in [6, 6.07) is 3.60. The third-order valence-electron chi connectivity index (χ3n) is 5.71. The van der Waals surface area contributed by atoms with Crippen LogP contribution in [0.4, 0.5) is 5.69 Å². The molecular weight excluding hydrogens is 405 g/mol. The highest BCUT2D eigenvalue weighted by atomic mass is 35.5. The van der Waals surface area contributed by atoms with Crippen LogP contribution in [0.5, 0.6) is 0 Å². The van der Waals surface area contributed by atoms with Gasteiger partial charge in [0.05, 0.1) is 27.3 Å². The summed E-state index contributed by atoms with van der Waals surface area (Å²) < 4.78 is 0. The van der Waals surface area contributed by atoms with Crippen LogP contribution in [0, 0.1) is 5.92 Å². The van der Waals surface area contributed by atoms with Crippen LogP contribution in [0.1, 0.15) is 26.2 Å². The number of anilines is 1. The molecule has 0 N–H and O–H groups in total. The Morgan fingerprint density at radius 3 is 2.19 bits per heavy atom. The summed E-state index contributed by atoms with van der Waals surface area (Å²) in [5.74, 6) is 1.06. The SMILES string of the molecule is CC(=O)CN1CCC(CCN2CCN(c3cc(Cl)c(Cl)cc3Cl)CC2)CC1. The standard InChI is InChI=1S/C20H28Cl3N3O/c1-15(27)14-25-6-3-16(4-7-25)2-5-24-8-10-26(11-9-24)20-13-18(22)17(21)12-19(20)23/h12-13,16H,2-11,14H2,1H3. The first-order valence-corrected chi connectivity index (χ1v) is 10.9. The highest BCUT2D eigenvalue weighted by Gasteiger charge is 2.23. The van der Waals surface area contributed by atoms with Crippen molar-refractivity contribution < 1.29 is 4.79 Å². The number of Topliss-reactive ketones (excluding diaryl/α,β-unsaturated/α-hetero) is 1. The van der Waals surface area contributed by atoms with Crippen molar-refractivity contribution in [2.45, 2.75) is 26.2 Å². The molecule has 0 bridgehead atoms. The molecule has 0 aliphatic carbocycles. The van der Waals surface area contributed by atoms with Gasteiger partial charge >= 0.3 is 0 Å². The molecule has 4 nitrogen and oxygen atoms in total. The minimum atomic E-state index is 0.272. The van der Waals surface area contributed by atoms with Crippen LogP contribution in [0.25, 0.3) is 0 Å². The molecule has 0 atom stereocenters. The second-order valence-electron chi connectivity index (χ2n) is 7.76. The van der Waals surface area contributed by atoms with E-state index in [4.69, 9.17) is 34.8 Å². The minimum Gasteiger partial charge on any atom is -0.368 e. The molecule has 27 heavy (non-hydrogen) atoms. The van der Waals surface area contributed by atoms with Gasteiger partial charge < -0.3 is 4.90 Å². The maximum Gasteiger partial charge on any atom is 0.143 e. The van der Waals surface area contributed by atoms with Crippen molar-refractivity contribution in [1.29, 1.82) is 0 Å². The fourth-order valence-corrected chi connectivity index (χ4v) is 4.74. The molecular formula is C20H28Cl3N3O. The first-order valence-electron chi connectivity index (χ1n) is 9.76. The number of benzene rings is 1. The number of halogens is 3. The summed E-state index contributed by atoms with van der Waals surface area (Å²) in [6.45, 7) is 9.56. The van der Waals surface area contributed by atoms with Crippen LogP contribution in [0.15, 0.2) is 12.1 Å². The number of piperazine rings is 1. The monoisotopic (exact) mass is 431 g/mol. The molecule has 1 aromatic carbocycles. The predicted molar refractivity (Wildman–Crippen MR) is 115 cm³/mol. The highest BCUT2D eigenvalue weighted by Crippen LogP contribution is 2.35. The third-order valence-corrected chi connectivity index (χ3v) is 6.73. The molecule has 2 heterocycles. The van der Waals surface area contributed by atoms with Crippen molar-refractivity contribution in [3.63, 3.8) is 0 Å². The number of carbonyl (C=O) groups excluding carboxylic acids is 1. The number of carbonyl (C=O) groups is 1. The molecule has 1 aromatic rings. The summed E-state index contributed by atoms with van der Waals surface area (Å²) in [7, 11) is 0. The van der Waals surface area contributed by atoms with Gasteiger partial charge in [-0.2, -0.15) is 0 Å². The van der Waals surface area contributed by atoms with E-state index in [-0.39, 0.29) is 5.78 Å². The smallest absolute Gasteiger partial charge is 0.143 e. The first-order chi connectivity index (χ1) is 12.9. The Bertz CT molecular complexity index is 654. The quantitative estimate of drug-likeness (QED) is 0.620. The molecule has 7 heteroatoms. The van der Waals surface area contributed by atoms with Gasteiger partial charge in [0.2, 0.25) is 0 Å². The number of rotatable bonds is 6. The van der Waals surface area contributed by atoms with E-state index in [9.17, 15) is 4.79 Å². The zero-order valence-corrected chi connectivity index (χ0v) is 18.2. The third kappa shape index (κ3) is 5.98. The van der Waals surface area contributed by atoms with Crippen LogP contribution in [0.2, 0.25) is 15.1 Å². The molecule has 0 unspecified atom stereocenters. The number of nitrogens with zero attached hydrogens (tertiary/aromatic N) is 3. The van der Waals surface area contributed by atoms with E-state index in [1.807, 2.05) is 6.07 Å². The van der Waals surface area contributed by atoms with Crippen LogP contribution in [-0.4, -0.2) is 67.9 Å². The van der Waals surface area contributed by atoms with Crippen LogP contribution < -0.4 is 4.90 Å². The van der Waals surface area contributed by atoms with E-state index in [1.165, 1.54) is 19.3 Å². The zero-order valence-electron chi connectivity index (χ0n) is 15.9. The fourth-order valence-electron chi connectivity index (χ4n) is 4.08. The molecule has 150 valence electrons. The van der Waals surface area contributed by atoms with Gasteiger partial charge in [-0.15, -0.1) is 0 Å². The summed E-state index contributed by atoms with van der Waals surface area (Å²) >= 11 is 18.5. The van der Waals surface area contributed by atoms with Crippen LogP contribution in [0.3, 0.4) is 0 Å². The summed E-state index contributed by atoms with van der Waals surface area (Å²) in [6.07, 6.45) is 3.68. The fraction of sp³-hybridized carbons (Fsp3) is 0.650. The predicted octanol–water partition coefficient (Wildman–Crippen LogP) is 4.46. The first kappa shape index (κ1) is 21.2. The topological polar surface area (TPSA) is 26.8 Å². The molecule has 0 aromatic heterocycles. The van der Waals surface area contributed by atoms with Gasteiger partial charge in [0, 0.05) is 26.2 Å². The highest BCUT2D eigenvalue weighted by molar-refractivity contribution is 6.44.